The van der Waals surface area contributed by atoms with Crippen LogP contribution in [0.5, 0.6) is 0 Å². The predicted molar refractivity (Wildman–Crippen MR) is 108 cm³/mol. The molecule has 0 aliphatic carbocycles. The van der Waals surface area contributed by atoms with Crippen LogP contribution in [0.1, 0.15) is 20.3 Å². The van der Waals surface area contributed by atoms with Crippen molar-refractivity contribution in [2.24, 2.45) is 11.8 Å². The third kappa shape index (κ3) is 4.91. The minimum absolute atomic E-state index is 0.199. The molecular formula is C18H20Cl2N2OS2. The normalized spacial score (nSPS) is 20.7. The van der Waals surface area contributed by atoms with Gasteiger partial charge in [-0.05, 0) is 36.5 Å². The Morgan fingerprint density at radius 3 is 2.72 bits per heavy atom. The molecule has 1 fully saturated rings. The van der Waals surface area contributed by atoms with Gasteiger partial charge in [0.1, 0.15) is 0 Å². The van der Waals surface area contributed by atoms with E-state index in [9.17, 15) is 4.79 Å². The fourth-order valence-corrected chi connectivity index (χ4v) is 5.46. The molecule has 0 spiro atoms. The Kier molecular flexibility index (Phi) is 6.31. The quantitative estimate of drug-likeness (QED) is 0.600. The first-order valence-electron chi connectivity index (χ1n) is 8.24. The van der Waals surface area contributed by atoms with Crippen molar-refractivity contribution >= 4 is 52.2 Å². The summed E-state index contributed by atoms with van der Waals surface area (Å²) >= 11 is 15.2. The van der Waals surface area contributed by atoms with E-state index in [-0.39, 0.29) is 5.91 Å². The number of thioether (sulfide) groups is 1. The fourth-order valence-electron chi connectivity index (χ4n) is 3.23. The van der Waals surface area contributed by atoms with Gasteiger partial charge >= 0.3 is 0 Å². The minimum Gasteiger partial charge on any atom is -0.341 e. The topological polar surface area (TPSA) is 33.2 Å². The van der Waals surface area contributed by atoms with E-state index in [0.29, 0.717) is 27.6 Å². The highest BCUT2D eigenvalue weighted by Gasteiger charge is 2.25. The van der Waals surface area contributed by atoms with E-state index in [1.54, 1.807) is 12.1 Å². The van der Waals surface area contributed by atoms with E-state index >= 15 is 0 Å². The third-order valence-corrected chi connectivity index (χ3v) is 6.78. The Morgan fingerprint density at radius 1 is 1.32 bits per heavy atom. The van der Waals surface area contributed by atoms with Crippen molar-refractivity contribution in [3.8, 4) is 11.3 Å². The Balaban J connectivity index is 1.61. The molecule has 0 saturated carbocycles. The van der Waals surface area contributed by atoms with Crippen LogP contribution in [0.2, 0.25) is 10.0 Å². The van der Waals surface area contributed by atoms with Gasteiger partial charge in [0.25, 0.3) is 0 Å². The summed E-state index contributed by atoms with van der Waals surface area (Å²) in [5.74, 6) is 1.79. The molecule has 1 aliphatic heterocycles. The van der Waals surface area contributed by atoms with Gasteiger partial charge in [0.15, 0.2) is 4.34 Å². The fraction of sp³-hybridized carbons (Fsp3) is 0.444. The lowest BCUT2D eigenvalue weighted by molar-refractivity contribution is -0.130. The molecule has 1 aromatic heterocycles. The minimum atomic E-state index is 0.199. The van der Waals surface area contributed by atoms with E-state index in [1.807, 2.05) is 16.3 Å². The molecule has 2 aromatic rings. The van der Waals surface area contributed by atoms with Crippen LogP contribution in [-0.2, 0) is 4.79 Å². The van der Waals surface area contributed by atoms with Gasteiger partial charge in [0.05, 0.1) is 16.5 Å². The van der Waals surface area contributed by atoms with Gasteiger partial charge in [-0.1, -0.05) is 48.8 Å². The van der Waals surface area contributed by atoms with E-state index in [4.69, 9.17) is 23.2 Å². The van der Waals surface area contributed by atoms with Crippen LogP contribution in [0.25, 0.3) is 11.3 Å². The molecular weight excluding hydrogens is 395 g/mol. The summed E-state index contributed by atoms with van der Waals surface area (Å²) in [5, 5.41) is 3.16. The predicted octanol–water partition coefficient (Wildman–Crippen LogP) is 5.71. The summed E-state index contributed by atoms with van der Waals surface area (Å²) in [6, 6.07) is 5.39. The third-order valence-electron chi connectivity index (χ3n) is 4.23. The zero-order valence-electron chi connectivity index (χ0n) is 14.2. The molecule has 25 heavy (non-hydrogen) atoms. The van der Waals surface area contributed by atoms with Gasteiger partial charge in [-0.25, -0.2) is 4.98 Å². The Bertz CT molecular complexity index is 755. The van der Waals surface area contributed by atoms with Crippen LogP contribution < -0.4 is 0 Å². The molecule has 1 aromatic carbocycles. The van der Waals surface area contributed by atoms with Gasteiger partial charge in [-0.15, -0.1) is 11.3 Å². The second-order valence-electron chi connectivity index (χ2n) is 6.66. The molecule has 1 aliphatic rings. The second kappa shape index (κ2) is 8.30. The summed E-state index contributed by atoms with van der Waals surface area (Å²) in [4.78, 5) is 19.1. The first-order valence-corrected chi connectivity index (χ1v) is 10.9. The van der Waals surface area contributed by atoms with E-state index < -0.39 is 0 Å². The smallest absolute Gasteiger partial charge is 0.233 e. The summed E-state index contributed by atoms with van der Waals surface area (Å²) in [5.41, 5.74) is 1.68. The Hall–Kier alpha value is -0.750. The van der Waals surface area contributed by atoms with Crippen molar-refractivity contribution in [2.75, 3.05) is 18.8 Å². The maximum atomic E-state index is 12.5. The van der Waals surface area contributed by atoms with Crippen molar-refractivity contribution in [3.63, 3.8) is 0 Å². The molecule has 3 nitrogen and oxygen atoms in total. The maximum absolute atomic E-state index is 12.5. The largest absolute Gasteiger partial charge is 0.341 e. The molecule has 1 saturated heterocycles. The molecule has 0 N–H and O–H groups in total. The Labute approximate surface area is 166 Å². The molecule has 2 heterocycles. The van der Waals surface area contributed by atoms with Gasteiger partial charge in [0, 0.05) is 29.1 Å². The van der Waals surface area contributed by atoms with Gasteiger partial charge in [-0.2, -0.15) is 0 Å². The lowest BCUT2D eigenvalue weighted by Gasteiger charge is -2.34. The number of benzene rings is 1. The molecule has 2 unspecified atom stereocenters. The number of hydrogen-bond donors (Lipinski definition) is 0. The van der Waals surface area contributed by atoms with Crippen LogP contribution in [0.15, 0.2) is 27.9 Å². The first kappa shape index (κ1) is 19.0. The van der Waals surface area contributed by atoms with Crippen molar-refractivity contribution in [3.05, 3.63) is 33.6 Å². The molecule has 134 valence electrons. The van der Waals surface area contributed by atoms with Crippen LogP contribution in [0.3, 0.4) is 0 Å². The average Bonchev–Trinajstić information content (AvgIpc) is 3.00. The van der Waals surface area contributed by atoms with Crippen molar-refractivity contribution < 1.29 is 4.79 Å². The number of carbonyl (C=O) groups excluding carboxylic acids is 1. The molecule has 1 amide bonds. The standard InChI is InChI=1S/C18H20Cl2N2OS2/c1-11-5-12(2)8-22(7-11)17(23)10-25-18-21-16(9-24-18)14-4-3-13(19)6-15(14)20/h3-4,6,9,11-12H,5,7-8,10H2,1-2H3. The molecule has 0 radical (unpaired) electrons. The monoisotopic (exact) mass is 414 g/mol. The number of nitrogens with zero attached hydrogens (tertiary/aromatic N) is 2. The van der Waals surface area contributed by atoms with Crippen LogP contribution in [0, 0.1) is 11.8 Å². The Morgan fingerprint density at radius 2 is 2.04 bits per heavy atom. The number of likely N-dealkylation sites (tertiary alicyclic amines) is 1. The summed E-state index contributed by atoms with van der Waals surface area (Å²) in [6.07, 6.45) is 1.20. The number of hydrogen-bond acceptors (Lipinski definition) is 4. The highest BCUT2D eigenvalue weighted by molar-refractivity contribution is 8.01. The first-order chi connectivity index (χ1) is 11.9. The molecule has 3 rings (SSSR count). The summed E-state index contributed by atoms with van der Waals surface area (Å²) < 4.78 is 0.882. The highest BCUT2D eigenvalue weighted by atomic mass is 35.5. The van der Waals surface area contributed by atoms with E-state index in [0.717, 1.165) is 28.7 Å². The van der Waals surface area contributed by atoms with Crippen LogP contribution in [-0.4, -0.2) is 34.6 Å². The molecule has 0 bridgehead atoms. The number of amides is 1. The van der Waals surface area contributed by atoms with Crippen LogP contribution >= 0.6 is 46.3 Å². The number of thiazole rings is 1. The second-order valence-corrected chi connectivity index (χ2v) is 9.58. The number of halogens is 2. The number of carbonyl (C=O) groups is 1. The highest BCUT2D eigenvalue weighted by Crippen LogP contribution is 2.34. The lowest BCUT2D eigenvalue weighted by atomic mass is 9.92. The summed E-state index contributed by atoms with van der Waals surface area (Å²) in [6.45, 7) is 6.17. The van der Waals surface area contributed by atoms with E-state index in [1.165, 1.54) is 29.5 Å². The molecule has 7 heteroatoms. The van der Waals surface area contributed by atoms with E-state index in [2.05, 4.69) is 18.8 Å². The average molecular weight is 415 g/mol. The lowest BCUT2D eigenvalue weighted by Crippen LogP contribution is -2.43. The van der Waals surface area contributed by atoms with Crippen molar-refractivity contribution in [1.82, 2.24) is 9.88 Å². The van der Waals surface area contributed by atoms with Gasteiger partial charge in [-0.3, -0.25) is 4.79 Å². The SMILES string of the molecule is CC1CC(C)CN(C(=O)CSc2nc(-c3ccc(Cl)cc3Cl)cs2)C1. The maximum Gasteiger partial charge on any atom is 0.233 e. The van der Waals surface area contributed by atoms with Crippen molar-refractivity contribution in [2.45, 2.75) is 24.6 Å². The number of rotatable bonds is 4. The number of aromatic nitrogens is 1. The zero-order chi connectivity index (χ0) is 18.0. The van der Waals surface area contributed by atoms with Crippen molar-refractivity contribution in [1.29, 1.82) is 0 Å². The molecule has 2 atom stereocenters. The summed E-state index contributed by atoms with van der Waals surface area (Å²) in [7, 11) is 0. The van der Waals surface area contributed by atoms with Gasteiger partial charge < -0.3 is 4.90 Å². The van der Waals surface area contributed by atoms with Gasteiger partial charge in [0.2, 0.25) is 5.91 Å². The zero-order valence-corrected chi connectivity index (χ0v) is 17.3. The number of piperidine rings is 1. The van der Waals surface area contributed by atoms with Crippen LogP contribution in [0.4, 0.5) is 0 Å².